The molecule has 1 N–H and O–H groups in total. The van der Waals surface area contributed by atoms with Gasteiger partial charge in [0.25, 0.3) is 0 Å². The highest BCUT2D eigenvalue weighted by Gasteiger charge is 2.13. The Kier molecular flexibility index (Phi) is 5.05. The van der Waals surface area contributed by atoms with Crippen LogP contribution in [0, 0.1) is 0 Å². The summed E-state index contributed by atoms with van der Waals surface area (Å²) in [7, 11) is 0. The van der Waals surface area contributed by atoms with E-state index in [1.807, 2.05) is 53.5 Å². The minimum absolute atomic E-state index is 0.541. The Morgan fingerprint density at radius 1 is 0.900 bits per heavy atom. The first-order valence-corrected chi connectivity index (χ1v) is 9.82. The van der Waals surface area contributed by atoms with Crippen LogP contribution in [0.5, 0.6) is 0 Å². The maximum Gasteiger partial charge on any atom is 0.227 e. The third kappa shape index (κ3) is 3.99. The molecule has 0 radical (unpaired) electrons. The van der Waals surface area contributed by atoms with Gasteiger partial charge in [-0.05, 0) is 36.4 Å². The van der Waals surface area contributed by atoms with Gasteiger partial charge in [0.2, 0.25) is 5.95 Å². The molecule has 4 aromatic rings. The largest absolute Gasteiger partial charge is 0.378 e. The lowest BCUT2D eigenvalue weighted by molar-refractivity contribution is 0.122. The number of aromatic nitrogens is 5. The molecule has 8 nitrogen and oxygen atoms in total. The van der Waals surface area contributed by atoms with E-state index in [9.17, 15) is 0 Å². The molecular formula is C22H21N7O. The fraction of sp³-hybridized carbons (Fsp3) is 0.182. The zero-order valence-corrected chi connectivity index (χ0v) is 16.3. The Balaban J connectivity index is 1.34. The number of ether oxygens (including phenoxy) is 1. The van der Waals surface area contributed by atoms with E-state index in [0.717, 1.165) is 54.6 Å². The smallest absolute Gasteiger partial charge is 0.227 e. The predicted octanol–water partition coefficient (Wildman–Crippen LogP) is 3.30. The Morgan fingerprint density at radius 3 is 2.57 bits per heavy atom. The molecule has 0 unspecified atom stereocenters. The molecule has 1 aliphatic heterocycles. The van der Waals surface area contributed by atoms with Crippen LogP contribution in [0.2, 0.25) is 0 Å². The van der Waals surface area contributed by atoms with Gasteiger partial charge >= 0.3 is 0 Å². The van der Waals surface area contributed by atoms with E-state index in [-0.39, 0.29) is 0 Å². The van der Waals surface area contributed by atoms with Crippen molar-refractivity contribution in [2.24, 2.45) is 0 Å². The zero-order valence-electron chi connectivity index (χ0n) is 16.3. The van der Waals surface area contributed by atoms with Gasteiger partial charge in [-0.3, -0.25) is 4.98 Å². The molecule has 4 heterocycles. The minimum atomic E-state index is 0.541. The Bertz CT molecular complexity index is 1110. The van der Waals surface area contributed by atoms with E-state index in [1.54, 1.807) is 18.7 Å². The fourth-order valence-corrected chi connectivity index (χ4v) is 3.40. The van der Waals surface area contributed by atoms with Crippen molar-refractivity contribution in [3.05, 3.63) is 73.7 Å². The molecule has 5 rings (SSSR count). The quantitative estimate of drug-likeness (QED) is 0.551. The Hall–Kier alpha value is -3.78. The van der Waals surface area contributed by atoms with E-state index in [2.05, 4.69) is 36.2 Å². The molecule has 0 bridgehead atoms. The van der Waals surface area contributed by atoms with Crippen molar-refractivity contribution in [3.8, 4) is 16.9 Å². The molecule has 0 saturated carbocycles. The molecule has 1 saturated heterocycles. The lowest BCUT2D eigenvalue weighted by Gasteiger charge is -2.28. The summed E-state index contributed by atoms with van der Waals surface area (Å²) in [6.45, 7) is 3.23. The average molecular weight is 399 g/mol. The number of nitrogens with one attached hydrogen (secondary N) is 1. The van der Waals surface area contributed by atoms with Gasteiger partial charge in [-0.15, -0.1) is 0 Å². The van der Waals surface area contributed by atoms with Crippen LogP contribution in [0.1, 0.15) is 0 Å². The number of hydrogen-bond donors (Lipinski definition) is 1. The van der Waals surface area contributed by atoms with E-state index >= 15 is 0 Å². The number of hydrogen-bond acceptors (Lipinski definition) is 7. The second kappa shape index (κ2) is 8.30. The Morgan fingerprint density at radius 2 is 1.77 bits per heavy atom. The number of nitrogens with zero attached hydrogens (tertiary/aromatic N) is 6. The van der Waals surface area contributed by atoms with Crippen LogP contribution in [0.3, 0.4) is 0 Å². The first kappa shape index (κ1) is 18.3. The first-order valence-electron chi connectivity index (χ1n) is 9.82. The summed E-state index contributed by atoms with van der Waals surface area (Å²) in [5, 5.41) is 3.27. The number of benzene rings is 1. The van der Waals surface area contributed by atoms with Crippen molar-refractivity contribution in [1.82, 2.24) is 24.5 Å². The van der Waals surface area contributed by atoms with Crippen molar-refractivity contribution in [2.45, 2.75) is 0 Å². The van der Waals surface area contributed by atoms with Crippen LogP contribution in [0.25, 0.3) is 16.9 Å². The van der Waals surface area contributed by atoms with Gasteiger partial charge in [0.05, 0.1) is 37.1 Å². The predicted molar refractivity (Wildman–Crippen MR) is 115 cm³/mol. The molecule has 30 heavy (non-hydrogen) atoms. The normalized spacial score (nSPS) is 13.9. The molecule has 0 spiro atoms. The summed E-state index contributed by atoms with van der Waals surface area (Å²) < 4.78 is 7.40. The van der Waals surface area contributed by atoms with Crippen LogP contribution < -0.4 is 10.2 Å². The number of imidazole rings is 1. The second-order valence-corrected chi connectivity index (χ2v) is 6.94. The molecule has 0 aliphatic carbocycles. The SMILES string of the molecule is c1cn(-c2ccc(Nc3nccc(-c4cncc(N5CCOCC5)c4)n3)cc2)cn1. The van der Waals surface area contributed by atoms with Crippen molar-refractivity contribution in [1.29, 1.82) is 0 Å². The third-order valence-electron chi connectivity index (χ3n) is 4.98. The molecule has 1 aromatic carbocycles. The lowest BCUT2D eigenvalue weighted by Crippen LogP contribution is -2.36. The molecule has 3 aromatic heterocycles. The number of rotatable bonds is 5. The monoisotopic (exact) mass is 399 g/mol. The minimum Gasteiger partial charge on any atom is -0.378 e. The summed E-state index contributed by atoms with van der Waals surface area (Å²) >= 11 is 0. The highest BCUT2D eigenvalue weighted by atomic mass is 16.5. The van der Waals surface area contributed by atoms with E-state index in [0.29, 0.717) is 5.95 Å². The van der Waals surface area contributed by atoms with Gasteiger partial charge in [-0.2, -0.15) is 0 Å². The zero-order chi connectivity index (χ0) is 20.2. The summed E-state index contributed by atoms with van der Waals surface area (Å²) in [4.78, 5) is 19.8. The maximum atomic E-state index is 5.44. The van der Waals surface area contributed by atoms with Gasteiger partial charge in [-0.1, -0.05) is 0 Å². The lowest BCUT2D eigenvalue weighted by atomic mass is 10.2. The van der Waals surface area contributed by atoms with Crippen LogP contribution in [0.4, 0.5) is 17.3 Å². The third-order valence-corrected chi connectivity index (χ3v) is 4.98. The van der Waals surface area contributed by atoms with Gasteiger partial charge in [-0.25, -0.2) is 15.0 Å². The summed E-state index contributed by atoms with van der Waals surface area (Å²) in [6, 6.07) is 12.0. The molecule has 0 amide bonds. The van der Waals surface area contributed by atoms with Gasteiger partial charge in [0, 0.05) is 54.8 Å². The highest BCUT2D eigenvalue weighted by molar-refractivity contribution is 5.66. The van der Waals surface area contributed by atoms with E-state index in [1.165, 1.54) is 0 Å². The summed E-state index contributed by atoms with van der Waals surface area (Å²) in [6.07, 6.45) is 10.9. The van der Waals surface area contributed by atoms with Crippen molar-refractivity contribution in [3.63, 3.8) is 0 Å². The van der Waals surface area contributed by atoms with Gasteiger partial charge < -0.3 is 19.5 Å². The summed E-state index contributed by atoms with van der Waals surface area (Å²) in [5.41, 5.74) is 4.82. The van der Waals surface area contributed by atoms with Crippen LogP contribution >= 0.6 is 0 Å². The molecule has 0 atom stereocenters. The molecule has 1 fully saturated rings. The molecule has 150 valence electrons. The standard InChI is InChI=1S/C22H21N7O/c1-3-19(29-8-7-23-16-29)4-2-18(1)26-22-25-6-5-21(27-22)17-13-20(15-24-14-17)28-9-11-30-12-10-28/h1-8,13-16H,9-12H2,(H,25,26,27). The van der Waals surface area contributed by atoms with Crippen molar-refractivity contribution >= 4 is 17.3 Å². The number of morpholine rings is 1. The Labute approximate surface area is 174 Å². The van der Waals surface area contributed by atoms with Gasteiger partial charge in [0.1, 0.15) is 0 Å². The van der Waals surface area contributed by atoms with Gasteiger partial charge in [0.15, 0.2) is 0 Å². The van der Waals surface area contributed by atoms with Crippen molar-refractivity contribution < 1.29 is 4.74 Å². The molecular weight excluding hydrogens is 378 g/mol. The number of anilines is 3. The highest BCUT2D eigenvalue weighted by Crippen LogP contribution is 2.24. The molecule has 1 aliphatic rings. The summed E-state index contributed by atoms with van der Waals surface area (Å²) in [5.74, 6) is 0.541. The van der Waals surface area contributed by atoms with Crippen LogP contribution in [-0.4, -0.2) is 50.8 Å². The van der Waals surface area contributed by atoms with E-state index < -0.39 is 0 Å². The number of pyridine rings is 1. The van der Waals surface area contributed by atoms with Crippen molar-refractivity contribution in [2.75, 3.05) is 36.5 Å². The van der Waals surface area contributed by atoms with Crippen LogP contribution in [-0.2, 0) is 4.74 Å². The maximum absolute atomic E-state index is 5.44. The first-order chi connectivity index (χ1) is 14.8. The van der Waals surface area contributed by atoms with E-state index in [4.69, 9.17) is 4.74 Å². The fourth-order valence-electron chi connectivity index (χ4n) is 3.40. The second-order valence-electron chi connectivity index (χ2n) is 6.94. The molecule has 8 heteroatoms. The average Bonchev–Trinajstić information content (AvgIpc) is 3.36. The topological polar surface area (TPSA) is 81.0 Å². The van der Waals surface area contributed by atoms with Crippen LogP contribution in [0.15, 0.2) is 73.7 Å².